The standard InChI is InChI=1S/C16H15Cl2FN2O/c1-2-15(10-3-5-11(17)6-4-10)21-16(22)20-12-7-8-14(19)13(18)9-12/h3-9,15H,2H2,1H3,(H2,20,21,22). The number of carbonyl (C=O) groups excluding carboxylic acids is 1. The van der Waals surface area contributed by atoms with Crippen molar-refractivity contribution in [2.24, 2.45) is 0 Å². The summed E-state index contributed by atoms with van der Waals surface area (Å²) in [5.74, 6) is -0.528. The van der Waals surface area contributed by atoms with E-state index in [1.54, 1.807) is 12.1 Å². The first-order valence-corrected chi connectivity index (χ1v) is 7.53. The Labute approximate surface area is 138 Å². The van der Waals surface area contributed by atoms with Gasteiger partial charge in [-0.2, -0.15) is 0 Å². The minimum absolute atomic E-state index is 0.0393. The first-order valence-electron chi connectivity index (χ1n) is 6.77. The number of rotatable bonds is 4. The van der Waals surface area contributed by atoms with Crippen LogP contribution in [0.25, 0.3) is 0 Å². The number of nitrogens with one attached hydrogen (secondary N) is 2. The van der Waals surface area contributed by atoms with Gasteiger partial charge < -0.3 is 10.6 Å². The zero-order chi connectivity index (χ0) is 16.1. The van der Waals surface area contributed by atoms with Gasteiger partial charge in [0.15, 0.2) is 0 Å². The van der Waals surface area contributed by atoms with E-state index in [9.17, 15) is 9.18 Å². The highest BCUT2D eigenvalue weighted by Gasteiger charge is 2.13. The molecule has 0 heterocycles. The first kappa shape index (κ1) is 16.6. The van der Waals surface area contributed by atoms with E-state index >= 15 is 0 Å². The van der Waals surface area contributed by atoms with Crippen LogP contribution in [0.15, 0.2) is 42.5 Å². The van der Waals surface area contributed by atoms with Crippen LogP contribution >= 0.6 is 23.2 Å². The van der Waals surface area contributed by atoms with Crippen LogP contribution in [0.1, 0.15) is 24.9 Å². The number of anilines is 1. The van der Waals surface area contributed by atoms with Gasteiger partial charge >= 0.3 is 6.03 Å². The van der Waals surface area contributed by atoms with Crippen LogP contribution < -0.4 is 10.6 Å². The molecule has 0 aromatic heterocycles. The average Bonchev–Trinajstić information content (AvgIpc) is 2.49. The highest BCUT2D eigenvalue weighted by atomic mass is 35.5. The molecule has 2 rings (SSSR count). The molecule has 2 N–H and O–H groups in total. The van der Waals surface area contributed by atoms with Crippen molar-refractivity contribution < 1.29 is 9.18 Å². The number of carbonyl (C=O) groups is 1. The lowest BCUT2D eigenvalue weighted by Crippen LogP contribution is -2.32. The largest absolute Gasteiger partial charge is 0.331 e. The summed E-state index contributed by atoms with van der Waals surface area (Å²) >= 11 is 11.5. The van der Waals surface area contributed by atoms with E-state index in [1.807, 2.05) is 19.1 Å². The summed E-state index contributed by atoms with van der Waals surface area (Å²) in [4.78, 5) is 12.0. The van der Waals surface area contributed by atoms with E-state index in [0.29, 0.717) is 10.7 Å². The quantitative estimate of drug-likeness (QED) is 0.767. The Hall–Kier alpha value is -1.78. The van der Waals surface area contributed by atoms with E-state index in [2.05, 4.69) is 10.6 Å². The van der Waals surface area contributed by atoms with Crippen molar-refractivity contribution in [1.82, 2.24) is 5.32 Å². The lowest BCUT2D eigenvalue weighted by molar-refractivity contribution is 0.248. The lowest BCUT2D eigenvalue weighted by Gasteiger charge is -2.18. The Morgan fingerprint density at radius 2 is 1.86 bits per heavy atom. The van der Waals surface area contributed by atoms with Gasteiger partial charge in [0.25, 0.3) is 0 Å². The molecule has 0 aliphatic rings. The highest BCUT2D eigenvalue weighted by Crippen LogP contribution is 2.21. The summed E-state index contributed by atoms with van der Waals surface area (Å²) in [5.41, 5.74) is 1.38. The molecule has 22 heavy (non-hydrogen) atoms. The molecule has 6 heteroatoms. The second-order valence-electron chi connectivity index (χ2n) is 4.74. The van der Waals surface area contributed by atoms with Crippen LogP contribution in [-0.4, -0.2) is 6.03 Å². The summed E-state index contributed by atoms with van der Waals surface area (Å²) in [6.45, 7) is 1.97. The maximum absolute atomic E-state index is 13.1. The van der Waals surface area contributed by atoms with Crippen LogP contribution in [0, 0.1) is 5.82 Å². The maximum Gasteiger partial charge on any atom is 0.319 e. The first-order chi connectivity index (χ1) is 10.5. The summed E-state index contributed by atoms with van der Waals surface area (Å²) in [6, 6.07) is 10.8. The predicted molar refractivity (Wildman–Crippen MR) is 88.0 cm³/mol. The van der Waals surface area contributed by atoms with Gasteiger partial charge in [0.1, 0.15) is 5.82 Å². The SMILES string of the molecule is CCC(NC(=O)Nc1ccc(F)c(Cl)c1)c1ccc(Cl)cc1. The molecule has 0 saturated carbocycles. The molecule has 0 spiro atoms. The van der Waals surface area contributed by atoms with Crippen molar-refractivity contribution in [1.29, 1.82) is 0 Å². The molecule has 2 aromatic rings. The number of hydrogen-bond acceptors (Lipinski definition) is 1. The van der Waals surface area contributed by atoms with Crippen molar-refractivity contribution in [2.75, 3.05) is 5.32 Å². The van der Waals surface area contributed by atoms with Gasteiger partial charge in [0.05, 0.1) is 11.1 Å². The Balaban J connectivity index is 2.02. The molecule has 3 nitrogen and oxygen atoms in total. The second kappa shape index (κ2) is 7.47. The molecule has 1 unspecified atom stereocenters. The fraction of sp³-hybridized carbons (Fsp3) is 0.188. The number of halogens is 3. The third kappa shape index (κ3) is 4.36. The zero-order valence-electron chi connectivity index (χ0n) is 11.9. The highest BCUT2D eigenvalue weighted by molar-refractivity contribution is 6.31. The Bertz CT molecular complexity index is 662. The Kier molecular flexibility index (Phi) is 5.63. The zero-order valence-corrected chi connectivity index (χ0v) is 13.4. The number of urea groups is 1. The number of benzene rings is 2. The van der Waals surface area contributed by atoms with Gasteiger partial charge in [-0.1, -0.05) is 42.3 Å². The van der Waals surface area contributed by atoms with Gasteiger partial charge in [-0.15, -0.1) is 0 Å². The van der Waals surface area contributed by atoms with Gasteiger partial charge in [-0.25, -0.2) is 9.18 Å². The van der Waals surface area contributed by atoms with Gasteiger partial charge in [0, 0.05) is 10.7 Å². The fourth-order valence-electron chi connectivity index (χ4n) is 2.02. The van der Waals surface area contributed by atoms with Crippen LogP contribution in [0.2, 0.25) is 10.0 Å². The van der Waals surface area contributed by atoms with Crippen LogP contribution in [0.3, 0.4) is 0 Å². The molecule has 0 saturated heterocycles. The van der Waals surface area contributed by atoms with E-state index in [-0.39, 0.29) is 17.1 Å². The third-order valence-corrected chi connectivity index (χ3v) is 3.71. The molecule has 0 aliphatic heterocycles. The number of amides is 2. The van der Waals surface area contributed by atoms with E-state index < -0.39 is 5.82 Å². The Morgan fingerprint density at radius 3 is 2.45 bits per heavy atom. The topological polar surface area (TPSA) is 41.1 Å². The van der Waals surface area contributed by atoms with Crippen molar-refractivity contribution in [2.45, 2.75) is 19.4 Å². The van der Waals surface area contributed by atoms with E-state index in [0.717, 1.165) is 12.0 Å². The molecule has 2 amide bonds. The van der Waals surface area contributed by atoms with Crippen molar-refractivity contribution in [3.8, 4) is 0 Å². The molecule has 1 atom stereocenters. The molecule has 0 aliphatic carbocycles. The van der Waals surface area contributed by atoms with Crippen molar-refractivity contribution in [3.63, 3.8) is 0 Å². The molecule has 116 valence electrons. The summed E-state index contributed by atoms with van der Waals surface area (Å²) in [6.07, 6.45) is 0.721. The molecule has 0 radical (unpaired) electrons. The normalized spacial score (nSPS) is 11.8. The molecule has 2 aromatic carbocycles. The molecular formula is C16H15Cl2FN2O. The summed E-state index contributed by atoms with van der Waals surface area (Å²) in [5, 5.41) is 6.09. The second-order valence-corrected chi connectivity index (χ2v) is 5.58. The smallest absolute Gasteiger partial charge is 0.319 e. The third-order valence-electron chi connectivity index (χ3n) is 3.16. The Morgan fingerprint density at radius 1 is 1.18 bits per heavy atom. The van der Waals surface area contributed by atoms with Crippen molar-refractivity contribution >= 4 is 34.9 Å². The number of hydrogen-bond donors (Lipinski definition) is 2. The van der Waals surface area contributed by atoms with Crippen molar-refractivity contribution in [3.05, 3.63) is 63.9 Å². The van der Waals surface area contributed by atoms with Gasteiger partial charge in [0.2, 0.25) is 0 Å². The lowest BCUT2D eigenvalue weighted by atomic mass is 10.1. The van der Waals surface area contributed by atoms with Crippen LogP contribution in [-0.2, 0) is 0 Å². The molecule has 0 bridgehead atoms. The monoisotopic (exact) mass is 340 g/mol. The summed E-state index contributed by atoms with van der Waals surface area (Å²) < 4.78 is 13.1. The maximum atomic E-state index is 13.1. The molecular weight excluding hydrogens is 326 g/mol. The minimum atomic E-state index is -0.528. The van der Waals surface area contributed by atoms with Crippen LogP contribution in [0.4, 0.5) is 14.9 Å². The summed E-state index contributed by atoms with van der Waals surface area (Å²) in [7, 11) is 0. The van der Waals surface area contributed by atoms with Gasteiger partial charge in [-0.05, 0) is 42.3 Å². The fourth-order valence-corrected chi connectivity index (χ4v) is 2.32. The minimum Gasteiger partial charge on any atom is -0.331 e. The van der Waals surface area contributed by atoms with E-state index in [4.69, 9.17) is 23.2 Å². The average molecular weight is 341 g/mol. The van der Waals surface area contributed by atoms with E-state index in [1.165, 1.54) is 18.2 Å². The molecule has 0 fully saturated rings. The predicted octanol–water partition coefficient (Wildman–Crippen LogP) is 5.41. The van der Waals surface area contributed by atoms with Gasteiger partial charge in [-0.3, -0.25) is 0 Å². The van der Waals surface area contributed by atoms with Crippen LogP contribution in [0.5, 0.6) is 0 Å².